The van der Waals surface area contributed by atoms with Crippen LogP contribution in [0.15, 0.2) is 78.9 Å². The quantitative estimate of drug-likeness (QED) is 0.314. The highest BCUT2D eigenvalue weighted by Crippen LogP contribution is 2.46. The third-order valence-corrected chi connectivity index (χ3v) is 8.35. The van der Waals surface area contributed by atoms with E-state index in [1.54, 1.807) is 16.7 Å². The minimum absolute atomic E-state index is 0.158. The Balaban J connectivity index is 1.30. The molecule has 0 saturated heterocycles. The van der Waals surface area contributed by atoms with E-state index < -0.39 is 12.1 Å². The number of hydrogen-bond donors (Lipinski definition) is 3. The zero-order valence-corrected chi connectivity index (χ0v) is 22.5. The molecule has 0 spiro atoms. The number of hydrogen-bond acceptors (Lipinski definition) is 4. The summed E-state index contributed by atoms with van der Waals surface area (Å²) in [6.45, 7) is 0.384. The van der Waals surface area contributed by atoms with Gasteiger partial charge in [-0.1, -0.05) is 66.7 Å². The van der Waals surface area contributed by atoms with Gasteiger partial charge in [-0.05, 0) is 47.3 Å². The van der Waals surface area contributed by atoms with Crippen molar-refractivity contribution in [1.29, 1.82) is 0 Å². The normalized spacial score (nSPS) is 18.3. The van der Waals surface area contributed by atoms with Crippen LogP contribution in [0.25, 0.3) is 10.9 Å². The summed E-state index contributed by atoms with van der Waals surface area (Å²) < 4.78 is 0. The number of benzene rings is 3. The van der Waals surface area contributed by atoms with Crippen LogP contribution in [-0.4, -0.2) is 51.7 Å². The number of H-pyrrole nitrogens is 1. The first-order valence-electron chi connectivity index (χ1n) is 13.2. The number of para-hydroxylation sites is 1. The largest absolute Gasteiger partial charge is 0.356 e. The lowest BCUT2D eigenvalue weighted by molar-refractivity contribution is -0.132. The van der Waals surface area contributed by atoms with Gasteiger partial charge in [-0.15, -0.1) is 0 Å². The van der Waals surface area contributed by atoms with Gasteiger partial charge in [-0.2, -0.15) is 11.8 Å². The van der Waals surface area contributed by atoms with E-state index >= 15 is 0 Å². The minimum atomic E-state index is -0.736. The van der Waals surface area contributed by atoms with Crippen LogP contribution in [0.5, 0.6) is 0 Å². The lowest BCUT2D eigenvalue weighted by atomic mass is 9.89. The van der Waals surface area contributed by atoms with Crippen molar-refractivity contribution in [1.82, 2.24) is 20.5 Å². The van der Waals surface area contributed by atoms with Gasteiger partial charge in [0.05, 0.1) is 6.04 Å². The SMILES string of the molecule is CSCC[C@H](NC(=O)[C@@H]1Cc2c([nH]c3ccccc23)[C@H]2c3ccccc3C(=O)N21)C(=O)NCc1ccccc1. The van der Waals surface area contributed by atoms with Crippen LogP contribution in [-0.2, 0) is 22.6 Å². The topological polar surface area (TPSA) is 94.3 Å². The second-order valence-electron chi connectivity index (χ2n) is 10.0. The first-order valence-corrected chi connectivity index (χ1v) is 14.6. The van der Waals surface area contributed by atoms with Gasteiger partial charge in [0.15, 0.2) is 0 Å². The molecule has 0 fully saturated rings. The van der Waals surface area contributed by atoms with E-state index in [4.69, 9.17) is 0 Å². The van der Waals surface area contributed by atoms with E-state index in [0.717, 1.165) is 39.0 Å². The Morgan fingerprint density at radius 1 is 1.03 bits per heavy atom. The van der Waals surface area contributed by atoms with Gasteiger partial charge in [-0.25, -0.2) is 0 Å². The zero-order valence-electron chi connectivity index (χ0n) is 21.6. The Hall–Kier alpha value is -4.04. The summed E-state index contributed by atoms with van der Waals surface area (Å²) in [4.78, 5) is 46.1. The van der Waals surface area contributed by atoms with Crippen molar-refractivity contribution in [2.24, 2.45) is 0 Å². The molecule has 0 aliphatic carbocycles. The number of aromatic nitrogens is 1. The fraction of sp³-hybridized carbons (Fsp3) is 0.258. The predicted octanol–water partition coefficient (Wildman–Crippen LogP) is 4.19. The second-order valence-corrected chi connectivity index (χ2v) is 11.0. The predicted molar refractivity (Wildman–Crippen MR) is 153 cm³/mol. The fourth-order valence-electron chi connectivity index (χ4n) is 5.82. The van der Waals surface area contributed by atoms with Crippen LogP contribution in [0.3, 0.4) is 0 Å². The molecule has 3 aromatic carbocycles. The summed E-state index contributed by atoms with van der Waals surface area (Å²) in [5, 5.41) is 7.05. The van der Waals surface area contributed by atoms with Crippen LogP contribution in [0.1, 0.15) is 45.2 Å². The van der Waals surface area contributed by atoms with Crippen molar-refractivity contribution in [2.75, 3.05) is 12.0 Å². The molecular formula is C31H30N4O3S. The Kier molecular flexibility index (Phi) is 6.87. The highest BCUT2D eigenvalue weighted by Gasteiger charge is 2.49. The monoisotopic (exact) mass is 538 g/mol. The molecule has 1 aromatic heterocycles. The van der Waals surface area contributed by atoms with Crippen LogP contribution < -0.4 is 10.6 Å². The third-order valence-electron chi connectivity index (χ3n) is 7.71. The van der Waals surface area contributed by atoms with Gasteiger partial charge < -0.3 is 20.5 Å². The molecule has 0 radical (unpaired) electrons. The van der Waals surface area contributed by atoms with Crippen molar-refractivity contribution in [2.45, 2.75) is 37.5 Å². The third kappa shape index (κ3) is 4.59. The van der Waals surface area contributed by atoms with E-state index in [2.05, 4.69) is 21.7 Å². The first-order chi connectivity index (χ1) is 19.1. The molecule has 39 heavy (non-hydrogen) atoms. The number of carbonyl (C=O) groups excluding carboxylic acids is 3. The van der Waals surface area contributed by atoms with E-state index in [0.29, 0.717) is 24.9 Å². The molecule has 0 bridgehead atoms. The zero-order chi connectivity index (χ0) is 26.9. The van der Waals surface area contributed by atoms with E-state index in [1.807, 2.05) is 79.1 Å². The Morgan fingerprint density at radius 3 is 2.59 bits per heavy atom. The number of thioether (sulfide) groups is 1. The maximum atomic E-state index is 14.0. The second kappa shape index (κ2) is 10.6. The maximum Gasteiger partial charge on any atom is 0.255 e. The highest BCUT2D eigenvalue weighted by atomic mass is 32.2. The fourth-order valence-corrected chi connectivity index (χ4v) is 6.29. The number of fused-ring (bicyclic) bond motifs is 7. The molecule has 3 heterocycles. The van der Waals surface area contributed by atoms with Crippen molar-refractivity contribution >= 4 is 40.4 Å². The summed E-state index contributed by atoms with van der Waals surface area (Å²) in [5.41, 5.74) is 5.49. The molecule has 3 N–H and O–H groups in total. The smallest absolute Gasteiger partial charge is 0.255 e. The highest BCUT2D eigenvalue weighted by molar-refractivity contribution is 7.98. The lowest BCUT2D eigenvalue weighted by Gasteiger charge is -2.37. The van der Waals surface area contributed by atoms with E-state index in [1.165, 1.54) is 0 Å². The summed E-state index contributed by atoms with van der Waals surface area (Å²) in [5.74, 6) is 0.0299. The standard InChI is InChI=1S/C31H30N4O3S/c1-39-16-15-25(29(36)32-18-19-9-3-2-4-10-19)34-30(37)26-17-23-20-11-7-8-14-24(20)33-27(23)28-21-12-5-6-13-22(21)31(38)35(26)28/h2-14,25-26,28,33H,15-18H2,1H3,(H,32,36)(H,34,37)/t25-,26-,28+/m0/s1. The molecular weight excluding hydrogens is 508 g/mol. The maximum absolute atomic E-state index is 14.0. The van der Waals surface area contributed by atoms with Crippen molar-refractivity contribution in [3.63, 3.8) is 0 Å². The van der Waals surface area contributed by atoms with Crippen LogP contribution in [0, 0.1) is 0 Å². The number of rotatable bonds is 8. The molecule has 198 valence electrons. The van der Waals surface area contributed by atoms with Gasteiger partial charge in [-0.3, -0.25) is 14.4 Å². The molecule has 0 saturated carbocycles. The van der Waals surface area contributed by atoms with Gasteiger partial charge in [0.1, 0.15) is 12.1 Å². The number of carbonyl (C=O) groups is 3. The summed E-state index contributed by atoms with van der Waals surface area (Å²) in [7, 11) is 0. The molecule has 8 heteroatoms. The minimum Gasteiger partial charge on any atom is -0.356 e. The molecule has 0 unspecified atom stereocenters. The van der Waals surface area contributed by atoms with Gasteiger partial charge in [0, 0.05) is 35.1 Å². The number of nitrogens with one attached hydrogen (secondary N) is 3. The Labute approximate surface area is 231 Å². The van der Waals surface area contributed by atoms with Gasteiger partial charge >= 0.3 is 0 Å². The molecule has 4 aromatic rings. The van der Waals surface area contributed by atoms with E-state index in [-0.39, 0.29) is 23.8 Å². The number of aromatic amines is 1. The summed E-state index contributed by atoms with van der Waals surface area (Å²) in [6, 6.07) is 23.5. The van der Waals surface area contributed by atoms with Crippen molar-refractivity contribution < 1.29 is 14.4 Å². The first kappa shape index (κ1) is 25.2. The van der Waals surface area contributed by atoms with Crippen molar-refractivity contribution in [3.8, 4) is 0 Å². The van der Waals surface area contributed by atoms with Crippen molar-refractivity contribution in [3.05, 3.63) is 107 Å². The molecule has 2 aliphatic heterocycles. The number of nitrogens with zero attached hydrogens (tertiary/aromatic N) is 1. The Morgan fingerprint density at radius 2 is 1.77 bits per heavy atom. The molecule has 2 aliphatic rings. The average Bonchev–Trinajstić information content (AvgIpc) is 3.49. The average molecular weight is 539 g/mol. The van der Waals surface area contributed by atoms with Crippen LogP contribution in [0.2, 0.25) is 0 Å². The summed E-state index contributed by atoms with van der Waals surface area (Å²) >= 11 is 1.63. The lowest BCUT2D eigenvalue weighted by Crippen LogP contribution is -2.56. The van der Waals surface area contributed by atoms with Gasteiger partial charge in [0.25, 0.3) is 5.91 Å². The van der Waals surface area contributed by atoms with Gasteiger partial charge in [0.2, 0.25) is 11.8 Å². The molecule has 3 atom stereocenters. The van der Waals surface area contributed by atoms with Crippen LogP contribution >= 0.6 is 11.8 Å². The molecule has 7 nitrogen and oxygen atoms in total. The summed E-state index contributed by atoms with van der Waals surface area (Å²) in [6.07, 6.45) is 2.85. The number of amides is 3. The van der Waals surface area contributed by atoms with E-state index in [9.17, 15) is 14.4 Å². The van der Waals surface area contributed by atoms with Crippen LogP contribution in [0.4, 0.5) is 0 Å². The molecule has 3 amide bonds. The Bertz CT molecular complexity index is 1550. The molecule has 6 rings (SSSR count).